The standard InChI is InChI=1S/C13H19FN2O2S/c1-15-12-6-4-8-16(9-12)19(17,18)10-11-5-2-3-7-13(11)14/h2-3,5,7,12,15H,4,6,8-10H2,1H3. The molecule has 0 aromatic heterocycles. The van der Waals surface area contributed by atoms with Crippen molar-refractivity contribution in [2.45, 2.75) is 24.6 Å². The van der Waals surface area contributed by atoms with E-state index in [1.807, 2.05) is 7.05 Å². The Morgan fingerprint density at radius 2 is 2.16 bits per heavy atom. The first-order valence-electron chi connectivity index (χ1n) is 6.41. The van der Waals surface area contributed by atoms with Crippen molar-refractivity contribution in [3.63, 3.8) is 0 Å². The summed E-state index contributed by atoms with van der Waals surface area (Å²) in [6, 6.07) is 6.21. The fourth-order valence-corrected chi connectivity index (χ4v) is 3.96. The highest BCUT2D eigenvalue weighted by Gasteiger charge is 2.28. The normalized spacial score (nSPS) is 21.5. The molecule has 1 aliphatic rings. The smallest absolute Gasteiger partial charge is 0.218 e. The van der Waals surface area contributed by atoms with Crippen molar-refractivity contribution < 1.29 is 12.8 Å². The fourth-order valence-electron chi connectivity index (χ4n) is 2.33. The van der Waals surface area contributed by atoms with E-state index in [2.05, 4.69) is 5.32 Å². The molecule has 1 atom stereocenters. The second-order valence-corrected chi connectivity index (χ2v) is 6.80. The molecule has 0 amide bonds. The van der Waals surface area contributed by atoms with Crippen LogP contribution in [0, 0.1) is 5.82 Å². The molecular formula is C13H19FN2O2S. The largest absolute Gasteiger partial charge is 0.316 e. The topological polar surface area (TPSA) is 49.4 Å². The Balaban J connectivity index is 2.12. The van der Waals surface area contributed by atoms with Crippen LogP contribution in [0.2, 0.25) is 0 Å². The van der Waals surface area contributed by atoms with E-state index in [0.717, 1.165) is 12.8 Å². The molecule has 19 heavy (non-hydrogen) atoms. The van der Waals surface area contributed by atoms with Crippen LogP contribution in [0.3, 0.4) is 0 Å². The van der Waals surface area contributed by atoms with Crippen molar-refractivity contribution in [2.24, 2.45) is 0 Å². The fraction of sp³-hybridized carbons (Fsp3) is 0.538. The molecule has 1 saturated heterocycles. The molecule has 1 heterocycles. The van der Waals surface area contributed by atoms with Gasteiger partial charge in [0.1, 0.15) is 5.82 Å². The van der Waals surface area contributed by atoms with E-state index in [0.29, 0.717) is 13.1 Å². The Labute approximate surface area is 113 Å². The molecule has 1 aromatic rings. The van der Waals surface area contributed by atoms with E-state index in [4.69, 9.17) is 0 Å². The summed E-state index contributed by atoms with van der Waals surface area (Å²) in [5, 5.41) is 3.10. The average Bonchev–Trinajstić information content (AvgIpc) is 2.41. The lowest BCUT2D eigenvalue weighted by molar-refractivity contribution is 0.292. The highest BCUT2D eigenvalue weighted by molar-refractivity contribution is 7.88. The van der Waals surface area contributed by atoms with Crippen LogP contribution in [0.25, 0.3) is 0 Å². The molecule has 106 valence electrons. The van der Waals surface area contributed by atoms with E-state index < -0.39 is 15.8 Å². The number of benzene rings is 1. The zero-order valence-corrected chi connectivity index (χ0v) is 11.8. The molecular weight excluding hydrogens is 267 g/mol. The third-order valence-corrected chi connectivity index (χ3v) is 5.28. The lowest BCUT2D eigenvalue weighted by Gasteiger charge is -2.31. The van der Waals surface area contributed by atoms with Gasteiger partial charge < -0.3 is 5.32 Å². The van der Waals surface area contributed by atoms with Crippen molar-refractivity contribution in [3.05, 3.63) is 35.6 Å². The van der Waals surface area contributed by atoms with Crippen LogP contribution in [-0.4, -0.2) is 38.9 Å². The van der Waals surface area contributed by atoms with Gasteiger partial charge in [-0.15, -0.1) is 0 Å². The lowest BCUT2D eigenvalue weighted by atomic mass is 10.1. The van der Waals surface area contributed by atoms with Crippen LogP contribution in [0.5, 0.6) is 0 Å². The molecule has 1 aromatic carbocycles. The highest BCUT2D eigenvalue weighted by atomic mass is 32.2. The summed E-state index contributed by atoms with van der Waals surface area (Å²) in [5.41, 5.74) is 0.231. The summed E-state index contributed by atoms with van der Waals surface area (Å²) in [4.78, 5) is 0. The number of hydrogen-bond acceptors (Lipinski definition) is 3. The molecule has 0 radical (unpaired) electrons. The van der Waals surface area contributed by atoms with Crippen molar-refractivity contribution >= 4 is 10.0 Å². The summed E-state index contributed by atoms with van der Waals surface area (Å²) in [5.74, 6) is -0.732. The predicted octanol–water partition coefficient (Wildman–Crippen LogP) is 1.34. The first-order chi connectivity index (χ1) is 9.03. The van der Waals surface area contributed by atoms with E-state index in [9.17, 15) is 12.8 Å². The lowest BCUT2D eigenvalue weighted by Crippen LogP contribution is -2.47. The quantitative estimate of drug-likeness (QED) is 0.908. The van der Waals surface area contributed by atoms with Crippen LogP contribution in [0.1, 0.15) is 18.4 Å². The van der Waals surface area contributed by atoms with Gasteiger partial charge in [-0.2, -0.15) is 0 Å². The Kier molecular flexibility index (Phi) is 4.54. The number of sulfonamides is 1. The molecule has 0 saturated carbocycles. The monoisotopic (exact) mass is 286 g/mol. The molecule has 1 fully saturated rings. The summed E-state index contributed by atoms with van der Waals surface area (Å²) in [6.45, 7) is 0.988. The molecule has 2 rings (SSSR count). The van der Waals surface area contributed by atoms with Gasteiger partial charge in [0, 0.05) is 24.7 Å². The number of halogens is 1. The molecule has 1 aliphatic heterocycles. The maximum absolute atomic E-state index is 13.5. The second kappa shape index (κ2) is 5.98. The minimum atomic E-state index is -3.45. The summed E-state index contributed by atoms with van der Waals surface area (Å²) in [7, 11) is -1.62. The van der Waals surface area contributed by atoms with E-state index in [1.165, 1.54) is 16.4 Å². The van der Waals surface area contributed by atoms with Gasteiger partial charge in [0.05, 0.1) is 5.75 Å². The maximum Gasteiger partial charge on any atom is 0.218 e. The SMILES string of the molecule is CNC1CCCN(S(=O)(=O)Cc2ccccc2F)C1. The van der Waals surface area contributed by atoms with Crippen LogP contribution in [0.15, 0.2) is 24.3 Å². The van der Waals surface area contributed by atoms with E-state index in [-0.39, 0.29) is 17.4 Å². The number of nitrogens with one attached hydrogen (secondary N) is 1. The third kappa shape index (κ3) is 3.52. The number of nitrogens with zero attached hydrogens (tertiary/aromatic N) is 1. The summed E-state index contributed by atoms with van der Waals surface area (Å²) < 4.78 is 39.6. The van der Waals surface area contributed by atoms with Crippen molar-refractivity contribution in [2.75, 3.05) is 20.1 Å². The van der Waals surface area contributed by atoms with Crippen LogP contribution >= 0.6 is 0 Å². The minimum Gasteiger partial charge on any atom is -0.316 e. The molecule has 6 heteroatoms. The number of piperidine rings is 1. The molecule has 4 nitrogen and oxygen atoms in total. The summed E-state index contributed by atoms with van der Waals surface area (Å²) in [6.07, 6.45) is 1.81. The zero-order chi connectivity index (χ0) is 13.9. The highest BCUT2D eigenvalue weighted by Crippen LogP contribution is 2.18. The van der Waals surface area contributed by atoms with Gasteiger partial charge in [0.25, 0.3) is 0 Å². The van der Waals surface area contributed by atoms with Gasteiger partial charge in [-0.25, -0.2) is 17.1 Å². The Bertz CT molecular complexity index is 533. The molecule has 0 bridgehead atoms. The third-order valence-electron chi connectivity index (χ3n) is 3.48. The Morgan fingerprint density at radius 3 is 2.84 bits per heavy atom. The molecule has 1 unspecified atom stereocenters. The number of hydrogen-bond donors (Lipinski definition) is 1. The maximum atomic E-state index is 13.5. The number of likely N-dealkylation sites (N-methyl/N-ethyl adjacent to an activating group) is 1. The zero-order valence-electron chi connectivity index (χ0n) is 11.0. The second-order valence-electron chi connectivity index (χ2n) is 4.83. The minimum absolute atomic E-state index is 0.184. The first kappa shape index (κ1) is 14.4. The van der Waals surface area contributed by atoms with Crippen LogP contribution in [-0.2, 0) is 15.8 Å². The molecule has 1 N–H and O–H groups in total. The van der Waals surface area contributed by atoms with Crippen molar-refractivity contribution in [3.8, 4) is 0 Å². The molecule has 0 aliphatic carbocycles. The Morgan fingerprint density at radius 1 is 1.42 bits per heavy atom. The predicted molar refractivity (Wildman–Crippen MR) is 72.7 cm³/mol. The average molecular weight is 286 g/mol. The van der Waals surface area contributed by atoms with Crippen molar-refractivity contribution in [1.82, 2.24) is 9.62 Å². The van der Waals surface area contributed by atoms with Gasteiger partial charge >= 0.3 is 0 Å². The van der Waals surface area contributed by atoms with Gasteiger partial charge in [0.2, 0.25) is 10.0 Å². The van der Waals surface area contributed by atoms with Crippen LogP contribution in [0.4, 0.5) is 4.39 Å². The Hall–Kier alpha value is -0.980. The van der Waals surface area contributed by atoms with Crippen molar-refractivity contribution in [1.29, 1.82) is 0 Å². The van der Waals surface area contributed by atoms with E-state index >= 15 is 0 Å². The van der Waals surface area contributed by atoms with Gasteiger partial charge in [-0.3, -0.25) is 0 Å². The molecule has 0 spiro atoms. The van der Waals surface area contributed by atoms with Gasteiger partial charge in [-0.1, -0.05) is 18.2 Å². The first-order valence-corrected chi connectivity index (χ1v) is 8.02. The van der Waals surface area contributed by atoms with Gasteiger partial charge in [0.15, 0.2) is 0 Å². The summed E-state index contributed by atoms with van der Waals surface area (Å²) >= 11 is 0. The van der Waals surface area contributed by atoms with E-state index in [1.54, 1.807) is 12.1 Å². The van der Waals surface area contributed by atoms with Crippen LogP contribution < -0.4 is 5.32 Å². The number of rotatable bonds is 4. The van der Waals surface area contributed by atoms with Gasteiger partial charge in [-0.05, 0) is 26.0 Å².